The highest BCUT2D eigenvalue weighted by molar-refractivity contribution is 5.98. The first-order chi connectivity index (χ1) is 10.3. The van der Waals surface area contributed by atoms with Crippen LogP contribution >= 0.6 is 0 Å². The number of nitrogens with one attached hydrogen (secondary N) is 2. The van der Waals surface area contributed by atoms with Gasteiger partial charge in [-0.2, -0.15) is 0 Å². The van der Waals surface area contributed by atoms with Gasteiger partial charge in [-0.3, -0.25) is 4.79 Å². The van der Waals surface area contributed by atoms with Crippen molar-refractivity contribution in [1.82, 2.24) is 10.3 Å². The fourth-order valence-corrected chi connectivity index (χ4v) is 3.11. The Kier molecular flexibility index (Phi) is 6.03. The molecular formula is C17H27N3O. The lowest BCUT2D eigenvalue weighted by molar-refractivity contribution is 0.0905. The van der Waals surface area contributed by atoms with Crippen LogP contribution in [0, 0.1) is 5.92 Å². The van der Waals surface area contributed by atoms with Crippen molar-refractivity contribution < 1.29 is 4.79 Å². The summed E-state index contributed by atoms with van der Waals surface area (Å²) < 4.78 is 0. The minimum Gasteiger partial charge on any atom is -0.369 e. The molecule has 0 saturated heterocycles. The second kappa shape index (κ2) is 8.01. The number of rotatable bonds is 6. The first-order valence-corrected chi connectivity index (χ1v) is 8.26. The number of amides is 1. The van der Waals surface area contributed by atoms with E-state index in [9.17, 15) is 4.79 Å². The quantitative estimate of drug-likeness (QED) is 0.841. The number of carbonyl (C=O) groups excluding carboxylic acids is 1. The molecule has 4 heteroatoms. The van der Waals surface area contributed by atoms with Crippen molar-refractivity contribution in [2.75, 3.05) is 11.9 Å². The monoisotopic (exact) mass is 289 g/mol. The molecule has 1 aromatic rings. The Morgan fingerprint density at radius 2 is 2.14 bits per heavy atom. The van der Waals surface area contributed by atoms with Crippen molar-refractivity contribution in [3.63, 3.8) is 0 Å². The SMILES string of the molecule is CCCNc1ncccc1C(=O)NC1CCCCC1CC. The first kappa shape index (κ1) is 15.8. The summed E-state index contributed by atoms with van der Waals surface area (Å²) in [5.41, 5.74) is 0.659. The van der Waals surface area contributed by atoms with Gasteiger partial charge in [-0.25, -0.2) is 4.98 Å². The van der Waals surface area contributed by atoms with E-state index in [-0.39, 0.29) is 5.91 Å². The summed E-state index contributed by atoms with van der Waals surface area (Å²) in [4.78, 5) is 16.9. The molecule has 1 aliphatic carbocycles. The molecule has 1 fully saturated rings. The molecule has 2 rings (SSSR count). The summed E-state index contributed by atoms with van der Waals surface area (Å²) in [6, 6.07) is 3.99. The molecule has 1 amide bonds. The summed E-state index contributed by atoms with van der Waals surface area (Å²) >= 11 is 0. The minimum absolute atomic E-state index is 0.00653. The Balaban J connectivity index is 2.05. The van der Waals surface area contributed by atoms with Crippen molar-refractivity contribution in [3.05, 3.63) is 23.9 Å². The van der Waals surface area contributed by atoms with E-state index in [4.69, 9.17) is 0 Å². The molecule has 2 unspecified atom stereocenters. The van der Waals surface area contributed by atoms with Crippen LogP contribution in [0.15, 0.2) is 18.3 Å². The fourth-order valence-electron chi connectivity index (χ4n) is 3.11. The van der Waals surface area contributed by atoms with Crippen molar-refractivity contribution in [2.24, 2.45) is 5.92 Å². The van der Waals surface area contributed by atoms with Gasteiger partial charge in [0.25, 0.3) is 5.91 Å². The van der Waals surface area contributed by atoms with Crippen LogP contribution < -0.4 is 10.6 Å². The fraction of sp³-hybridized carbons (Fsp3) is 0.647. The van der Waals surface area contributed by atoms with Crippen LogP contribution in [-0.4, -0.2) is 23.5 Å². The summed E-state index contributed by atoms with van der Waals surface area (Å²) in [5.74, 6) is 1.32. The molecule has 0 bridgehead atoms. The Labute approximate surface area is 127 Å². The van der Waals surface area contributed by atoms with Crippen molar-refractivity contribution in [3.8, 4) is 0 Å². The zero-order valence-corrected chi connectivity index (χ0v) is 13.2. The van der Waals surface area contributed by atoms with Gasteiger partial charge in [0.1, 0.15) is 5.82 Å². The average molecular weight is 289 g/mol. The molecule has 21 heavy (non-hydrogen) atoms. The predicted molar refractivity (Wildman–Crippen MR) is 86.5 cm³/mol. The number of anilines is 1. The lowest BCUT2D eigenvalue weighted by Gasteiger charge is -2.31. The largest absolute Gasteiger partial charge is 0.369 e. The van der Waals surface area contributed by atoms with E-state index < -0.39 is 0 Å². The van der Waals surface area contributed by atoms with Gasteiger partial charge in [-0.15, -0.1) is 0 Å². The van der Waals surface area contributed by atoms with Crippen LogP contribution in [0.3, 0.4) is 0 Å². The summed E-state index contributed by atoms with van der Waals surface area (Å²) in [7, 11) is 0. The molecule has 2 N–H and O–H groups in total. The molecule has 0 radical (unpaired) electrons. The highest BCUT2D eigenvalue weighted by Crippen LogP contribution is 2.27. The smallest absolute Gasteiger partial charge is 0.255 e. The van der Waals surface area contributed by atoms with Crippen LogP contribution in [0.2, 0.25) is 0 Å². The molecule has 0 aliphatic heterocycles. The maximum Gasteiger partial charge on any atom is 0.255 e. The maximum absolute atomic E-state index is 12.6. The van der Waals surface area contributed by atoms with E-state index in [2.05, 4.69) is 29.5 Å². The molecule has 1 saturated carbocycles. The van der Waals surface area contributed by atoms with Gasteiger partial charge < -0.3 is 10.6 Å². The second-order valence-corrected chi connectivity index (χ2v) is 5.86. The number of aromatic nitrogens is 1. The van der Waals surface area contributed by atoms with Crippen molar-refractivity contribution >= 4 is 11.7 Å². The van der Waals surface area contributed by atoms with E-state index >= 15 is 0 Å². The molecule has 1 aromatic heterocycles. The lowest BCUT2D eigenvalue weighted by Crippen LogP contribution is -2.42. The van der Waals surface area contributed by atoms with E-state index in [1.165, 1.54) is 19.3 Å². The van der Waals surface area contributed by atoms with E-state index in [0.29, 0.717) is 23.3 Å². The van der Waals surface area contributed by atoms with E-state index in [1.54, 1.807) is 6.20 Å². The lowest BCUT2D eigenvalue weighted by atomic mass is 9.83. The van der Waals surface area contributed by atoms with Gasteiger partial charge in [0.2, 0.25) is 0 Å². The Bertz CT molecular complexity index is 461. The number of hydrogen-bond donors (Lipinski definition) is 2. The maximum atomic E-state index is 12.6. The zero-order valence-electron chi connectivity index (χ0n) is 13.2. The van der Waals surface area contributed by atoms with E-state index in [0.717, 1.165) is 25.8 Å². The highest BCUT2D eigenvalue weighted by atomic mass is 16.1. The molecule has 1 aliphatic rings. The standard InChI is InChI=1S/C17H27N3O/c1-3-11-18-16-14(9-7-12-19-16)17(21)20-15-10-6-5-8-13(15)4-2/h7,9,12-13,15H,3-6,8,10-11H2,1-2H3,(H,18,19)(H,20,21). The molecule has 0 aromatic carbocycles. The van der Waals surface area contributed by atoms with Gasteiger partial charge in [-0.05, 0) is 37.3 Å². The summed E-state index contributed by atoms with van der Waals surface area (Å²) in [5, 5.41) is 6.47. The summed E-state index contributed by atoms with van der Waals surface area (Å²) in [6.07, 6.45) is 8.72. The molecule has 2 atom stereocenters. The molecule has 1 heterocycles. The van der Waals surface area contributed by atoms with Crippen molar-refractivity contribution in [2.45, 2.75) is 58.4 Å². The van der Waals surface area contributed by atoms with Crippen LogP contribution in [0.1, 0.15) is 62.7 Å². The highest BCUT2D eigenvalue weighted by Gasteiger charge is 2.26. The van der Waals surface area contributed by atoms with Crippen LogP contribution in [-0.2, 0) is 0 Å². The third-order valence-corrected chi connectivity index (χ3v) is 4.34. The zero-order chi connectivity index (χ0) is 15.1. The Morgan fingerprint density at radius 1 is 1.33 bits per heavy atom. The van der Waals surface area contributed by atoms with Gasteiger partial charge in [0.05, 0.1) is 5.56 Å². The average Bonchev–Trinajstić information content (AvgIpc) is 2.53. The molecule has 4 nitrogen and oxygen atoms in total. The first-order valence-electron chi connectivity index (χ1n) is 8.26. The summed E-state index contributed by atoms with van der Waals surface area (Å²) in [6.45, 7) is 5.15. The molecular weight excluding hydrogens is 262 g/mol. The third-order valence-electron chi connectivity index (χ3n) is 4.34. The van der Waals surface area contributed by atoms with Crippen LogP contribution in [0.25, 0.3) is 0 Å². The van der Waals surface area contributed by atoms with Gasteiger partial charge >= 0.3 is 0 Å². The third kappa shape index (κ3) is 4.19. The Hall–Kier alpha value is -1.58. The normalized spacial score (nSPS) is 21.8. The number of hydrogen-bond acceptors (Lipinski definition) is 3. The molecule has 116 valence electrons. The number of pyridine rings is 1. The van der Waals surface area contributed by atoms with Crippen molar-refractivity contribution in [1.29, 1.82) is 0 Å². The Morgan fingerprint density at radius 3 is 2.90 bits per heavy atom. The number of carbonyl (C=O) groups is 1. The molecule has 0 spiro atoms. The van der Waals surface area contributed by atoms with Gasteiger partial charge in [-0.1, -0.05) is 33.1 Å². The minimum atomic E-state index is 0.00653. The van der Waals surface area contributed by atoms with Gasteiger partial charge in [0.15, 0.2) is 0 Å². The predicted octanol–water partition coefficient (Wildman–Crippen LogP) is 3.60. The number of nitrogens with zero attached hydrogens (tertiary/aromatic N) is 1. The topological polar surface area (TPSA) is 54.0 Å². The van der Waals surface area contributed by atoms with Gasteiger partial charge in [0, 0.05) is 18.8 Å². The van der Waals surface area contributed by atoms with Crippen LogP contribution in [0.5, 0.6) is 0 Å². The van der Waals surface area contributed by atoms with Crippen LogP contribution in [0.4, 0.5) is 5.82 Å². The van der Waals surface area contributed by atoms with E-state index in [1.807, 2.05) is 12.1 Å². The second-order valence-electron chi connectivity index (χ2n) is 5.86.